The highest BCUT2D eigenvalue weighted by Gasteiger charge is 2.05. The summed E-state index contributed by atoms with van der Waals surface area (Å²) < 4.78 is 17.9. The fourth-order valence-electron chi connectivity index (χ4n) is 1.70. The number of benzene rings is 2. The van der Waals surface area contributed by atoms with Crippen molar-refractivity contribution in [2.75, 3.05) is 7.11 Å². The lowest BCUT2D eigenvalue weighted by Crippen LogP contribution is -2.19. The summed E-state index contributed by atoms with van der Waals surface area (Å²) in [4.78, 5) is 11.8. The van der Waals surface area contributed by atoms with Gasteiger partial charge in [-0.3, -0.25) is 4.79 Å². The Labute approximate surface area is 122 Å². The average molecular weight is 286 g/mol. The molecule has 0 aliphatic rings. The maximum atomic E-state index is 12.8. The van der Waals surface area contributed by atoms with Crippen LogP contribution in [0.2, 0.25) is 0 Å². The average Bonchev–Trinajstić information content (AvgIpc) is 2.53. The molecule has 4 nitrogen and oxygen atoms in total. The molecule has 0 spiro atoms. The topological polar surface area (TPSA) is 50.7 Å². The molecule has 2 aromatic rings. The Bertz CT molecular complexity index is 649. The van der Waals surface area contributed by atoms with Gasteiger partial charge in [-0.15, -0.1) is 0 Å². The zero-order valence-corrected chi connectivity index (χ0v) is 11.8. The first kappa shape index (κ1) is 14.7. The van der Waals surface area contributed by atoms with Gasteiger partial charge in [-0.05, 0) is 61.0 Å². The van der Waals surface area contributed by atoms with Crippen LogP contribution in [0.1, 0.15) is 22.8 Å². The van der Waals surface area contributed by atoms with E-state index < -0.39 is 0 Å². The van der Waals surface area contributed by atoms with Crippen LogP contribution in [0, 0.1) is 5.82 Å². The fourth-order valence-corrected chi connectivity index (χ4v) is 1.70. The molecule has 2 rings (SSSR count). The van der Waals surface area contributed by atoms with Crippen LogP contribution in [0.3, 0.4) is 0 Å². The number of methoxy groups -OCH3 is 1. The first-order chi connectivity index (χ1) is 10.1. The van der Waals surface area contributed by atoms with Crippen LogP contribution in [-0.2, 0) is 0 Å². The third-order valence-electron chi connectivity index (χ3n) is 2.94. The molecule has 0 bridgehead atoms. The predicted octanol–water partition coefficient (Wildman–Crippen LogP) is 2.99. The van der Waals surface area contributed by atoms with Crippen molar-refractivity contribution >= 4 is 11.6 Å². The lowest BCUT2D eigenvalue weighted by Gasteiger charge is -2.04. The van der Waals surface area contributed by atoms with E-state index in [4.69, 9.17) is 4.74 Å². The van der Waals surface area contributed by atoms with Gasteiger partial charge in [0, 0.05) is 5.56 Å². The number of rotatable bonds is 4. The second kappa shape index (κ2) is 6.65. The van der Waals surface area contributed by atoms with Crippen LogP contribution in [0.4, 0.5) is 4.39 Å². The normalized spacial score (nSPS) is 11.1. The Balaban J connectivity index is 2.05. The number of hydrogen-bond acceptors (Lipinski definition) is 3. The summed E-state index contributed by atoms with van der Waals surface area (Å²) >= 11 is 0. The molecular weight excluding hydrogens is 271 g/mol. The van der Waals surface area contributed by atoms with Crippen molar-refractivity contribution in [3.05, 3.63) is 65.5 Å². The summed E-state index contributed by atoms with van der Waals surface area (Å²) in [6.07, 6.45) is 0. The largest absolute Gasteiger partial charge is 0.497 e. The van der Waals surface area contributed by atoms with Crippen molar-refractivity contribution in [1.82, 2.24) is 5.43 Å². The monoisotopic (exact) mass is 286 g/mol. The van der Waals surface area contributed by atoms with Crippen LogP contribution in [0.15, 0.2) is 53.6 Å². The molecule has 0 aliphatic heterocycles. The number of ether oxygens (including phenoxy) is 1. The third kappa shape index (κ3) is 3.89. The SMILES string of the molecule is COc1ccc(/C(C)=N\NC(=O)c2ccc(F)cc2)cc1. The minimum absolute atomic E-state index is 0.350. The van der Waals surface area contributed by atoms with Crippen molar-refractivity contribution in [3.63, 3.8) is 0 Å². The van der Waals surface area contributed by atoms with Gasteiger partial charge in [0.25, 0.3) is 5.91 Å². The lowest BCUT2D eigenvalue weighted by molar-refractivity contribution is 0.0955. The molecule has 2 aromatic carbocycles. The molecule has 0 aromatic heterocycles. The molecule has 21 heavy (non-hydrogen) atoms. The summed E-state index contributed by atoms with van der Waals surface area (Å²) in [5.41, 5.74) is 4.32. The van der Waals surface area contributed by atoms with Crippen LogP contribution < -0.4 is 10.2 Å². The Morgan fingerprint density at radius 2 is 1.62 bits per heavy atom. The second-order valence-electron chi connectivity index (χ2n) is 4.37. The maximum Gasteiger partial charge on any atom is 0.271 e. The number of amides is 1. The number of carbonyl (C=O) groups is 1. The van der Waals surface area contributed by atoms with Gasteiger partial charge in [0.15, 0.2) is 0 Å². The summed E-state index contributed by atoms with van der Waals surface area (Å²) in [7, 11) is 1.60. The zero-order chi connectivity index (χ0) is 15.2. The van der Waals surface area contributed by atoms with E-state index in [0.29, 0.717) is 11.3 Å². The molecular formula is C16H15FN2O2. The summed E-state index contributed by atoms with van der Waals surface area (Å²) in [6.45, 7) is 1.78. The minimum atomic E-state index is -0.386. The van der Waals surface area contributed by atoms with E-state index in [9.17, 15) is 9.18 Å². The van der Waals surface area contributed by atoms with Crippen molar-refractivity contribution in [2.24, 2.45) is 5.10 Å². The van der Waals surface area contributed by atoms with E-state index in [1.807, 2.05) is 24.3 Å². The van der Waals surface area contributed by atoms with Crippen LogP contribution in [-0.4, -0.2) is 18.7 Å². The van der Waals surface area contributed by atoms with Crippen molar-refractivity contribution < 1.29 is 13.9 Å². The smallest absolute Gasteiger partial charge is 0.271 e. The Kier molecular flexibility index (Phi) is 4.66. The molecule has 0 saturated heterocycles. The number of nitrogens with one attached hydrogen (secondary N) is 1. The van der Waals surface area contributed by atoms with Crippen LogP contribution in [0.25, 0.3) is 0 Å². The molecule has 0 fully saturated rings. The van der Waals surface area contributed by atoms with Crippen molar-refractivity contribution in [3.8, 4) is 5.75 Å². The van der Waals surface area contributed by atoms with Gasteiger partial charge >= 0.3 is 0 Å². The standard InChI is InChI=1S/C16H15FN2O2/c1-11(12-5-9-15(21-2)10-6-12)18-19-16(20)13-3-7-14(17)8-4-13/h3-10H,1-2H3,(H,19,20)/b18-11-. The quantitative estimate of drug-likeness (QED) is 0.694. The van der Waals surface area contributed by atoms with Gasteiger partial charge in [-0.25, -0.2) is 9.82 Å². The molecule has 0 heterocycles. The number of carbonyl (C=O) groups excluding carboxylic acids is 1. The van der Waals surface area contributed by atoms with Gasteiger partial charge in [-0.1, -0.05) is 0 Å². The predicted molar refractivity (Wildman–Crippen MR) is 79.1 cm³/mol. The van der Waals surface area contributed by atoms with Crippen molar-refractivity contribution in [2.45, 2.75) is 6.92 Å². The highest BCUT2D eigenvalue weighted by molar-refractivity contribution is 6.00. The Morgan fingerprint density at radius 3 is 2.19 bits per heavy atom. The first-order valence-corrected chi connectivity index (χ1v) is 6.35. The molecule has 0 aliphatic carbocycles. The van der Waals surface area contributed by atoms with E-state index in [1.54, 1.807) is 14.0 Å². The van der Waals surface area contributed by atoms with Gasteiger partial charge in [0.1, 0.15) is 11.6 Å². The van der Waals surface area contributed by atoms with Crippen molar-refractivity contribution in [1.29, 1.82) is 0 Å². The van der Waals surface area contributed by atoms with Gasteiger partial charge in [-0.2, -0.15) is 5.10 Å². The summed E-state index contributed by atoms with van der Waals surface area (Å²) in [6, 6.07) is 12.6. The Morgan fingerprint density at radius 1 is 1.05 bits per heavy atom. The molecule has 0 unspecified atom stereocenters. The van der Waals surface area contributed by atoms with E-state index in [-0.39, 0.29) is 11.7 Å². The molecule has 108 valence electrons. The van der Waals surface area contributed by atoms with E-state index >= 15 is 0 Å². The second-order valence-corrected chi connectivity index (χ2v) is 4.37. The molecule has 1 N–H and O–H groups in total. The number of hydrogen-bond donors (Lipinski definition) is 1. The molecule has 0 radical (unpaired) electrons. The van der Waals surface area contributed by atoms with Crippen LogP contribution in [0.5, 0.6) is 5.75 Å². The molecule has 0 atom stereocenters. The number of halogens is 1. The molecule has 1 amide bonds. The highest BCUT2D eigenvalue weighted by atomic mass is 19.1. The zero-order valence-electron chi connectivity index (χ0n) is 11.8. The lowest BCUT2D eigenvalue weighted by atomic mass is 10.1. The number of hydrazone groups is 1. The Hall–Kier alpha value is -2.69. The van der Waals surface area contributed by atoms with Crippen LogP contribution >= 0.6 is 0 Å². The molecule has 0 saturated carbocycles. The van der Waals surface area contributed by atoms with Gasteiger partial charge in [0.2, 0.25) is 0 Å². The first-order valence-electron chi connectivity index (χ1n) is 6.35. The maximum absolute atomic E-state index is 12.8. The minimum Gasteiger partial charge on any atom is -0.497 e. The fraction of sp³-hybridized carbons (Fsp3) is 0.125. The third-order valence-corrected chi connectivity index (χ3v) is 2.94. The summed E-state index contributed by atoms with van der Waals surface area (Å²) in [5, 5.41) is 4.03. The number of nitrogens with zero attached hydrogens (tertiary/aromatic N) is 1. The van der Waals surface area contributed by atoms with E-state index in [2.05, 4.69) is 10.5 Å². The molecule has 5 heteroatoms. The van der Waals surface area contributed by atoms with Gasteiger partial charge < -0.3 is 4.74 Å². The van der Waals surface area contributed by atoms with E-state index in [1.165, 1.54) is 24.3 Å². The van der Waals surface area contributed by atoms with E-state index in [0.717, 1.165) is 11.3 Å². The summed E-state index contributed by atoms with van der Waals surface area (Å²) in [5.74, 6) is -0.0192. The van der Waals surface area contributed by atoms with Gasteiger partial charge in [0.05, 0.1) is 12.8 Å². The highest BCUT2D eigenvalue weighted by Crippen LogP contribution is 2.11.